The van der Waals surface area contributed by atoms with Crippen LogP contribution in [0.3, 0.4) is 0 Å². The number of likely N-dealkylation sites (tertiary alicyclic amines) is 1. The molecule has 2 amide bonds. The molecule has 1 atom stereocenters. The number of sulfonamides is 1. The zero-order valence-electron chi connectivity index (χ0n) is 21.3. The van der Waals surface area contributed by atoms with Gasteiger partial charge in [0, 0.05) is 33.2 Å². The van der Waals surface area contributed by atoms with Crippen molar-refractivity contribution in [1.82, 2.24) is 10.2 Å². The molecule has 13 heteroatoms. The standard InChI is InChI=1S/C27H27BrCl2N4O5S/c1-40(38,39)34(22-11-18(10-19(28)12-22)27(37)32-24(15-35)26(31)36)23-13-33(14-23)25(16-2-6-20(29)7-3-16)17-4-8-21(30)9-5-17/h2-12,23-25,35H,13-15H2,1H3,(H2,31,36)(H,32,37). The van der Waals surface area contributed by atoms with Crippen molar-refractivity contribution < 1.29 is 23.1 Å². The first-order valence-corrected chi connectivity index (χ1v) is 15.5. The van der Waals surface area contributed by atoms with Crippen molar-refractivity contribution >= 4 is 66.7 Å². The van der Waals surface area contributed by atoms with E-state index in [2.05, 4.69) is 26.1 Å². The zero-order valence-corrected chi connectivity index (χ0v) is 25.2. The van der Waals surface area contributed by atoms with Crippen molar-refractivity contribution in [2.75, 3.05) is 30.3 Å². The molecule has 0 aromatic heterocycles. The van der Waals surface area contributed by atoms with Crippen molar-refractivity contribution in [2.45, 2.75) is 18.1 Å². The molecule has 1 unspecified atom stereocenters. The summed E-state index contributed by atoms with van der Waals surface area (Å²) in [6.07, 6.45) is 1.11. The maximum atomic E-state index is 13.0. The Morgan fingerprint density at radius 1 is 1.05 bits per heavy atom. The number of aliphatic hydroxyl groups excluding tert-OH is 1. The first-order valence-electron chi connectivity index (χ1n) is 12.1. The van der Waals surface area contributed by atoms with Crippen LogP contribution in [0.2, 0.25) is 10.0 Å². The van der Waals surface area contributed by atoms with Crippen LogP contribution in [0.4, 0.5) is 5.69 Å². The Kier molecular flexibility index (Phi) is 9.44. The van der Waals surface area contributed by atoms with Gasteiger partial charge in [0.25, 0.3) is 5.91 Å². The molecule has 1 heterocycles. The second kappa shape index (κ2) is 12.5. The molecule has 212 valence electrons. The lowest BCUT2D eigenvalue weighted by Gasteiger charge is -2.48. The van der Waals surface area contributed by atoms with E-state index in [1.165, 1.54) is 16.4 Å². The molecule has 0 bridgehead atoms. The molecule has 1 aliphatic heterocycles. The maximum absolute atomic E-state index is 13.0. The topological polar surface area (TPSA) is 133 Å². The van der Waals surface area contributed by atoms with Gasteiger partial charge in [-0.2, -0.15) is 0 Å². The summed E-state index contributed by atoms with van der Waals surface area (Å²) in [5.74, 6) is -1.58. The number of halogens is 3. The second-order valence-electron chi connectivity index (χ2n) is 9.48. The van der Waals surface area contributed by atoms with E-state index in [9.17, 15) is 23.1 Å². The van der Waals surface area contributed by atoms with E-state index in [0.29, 0.717) is 27.6 Å². The van der Waals surface area contributed by atoms with Crippen molar-refractivity contribution in [3.05, 3.63) is 97.9 Å². The van der Waals surface area contributed by atoms with Crippen molar-refractivity contribution in [3.8, 4) is 0 Å². The fraction of sp³-hybridized carbons (Fsp3) is 0.259. The van der Waals surface area contributed by atoms with Crippen LogP contribution in [0, 0.1) is 0 Å². The largest absolute Gasteiger partial charge is 0.394 e. The minimum Gasteiger partial charge on any atom is -0.394 e. The average Bonchev–Trinajstić information content (AvgIpc) is 2.86. The number of carbonyl (C=O) groups excluding carboxylic acids is 2. The maximum Gasteiger partial charge on any atom is 0.252 e. The van der Waals surface area contributed by atoms with Gasteiger partial charge in [-0.3, -0.25) is 18.8 Å². The monoisotopic (exact) mass is 668 g/mol. The second-order valence-corrected chi connectivity index (χ2v) is 13.1. The van der Waals surface area contributed by atoms with Crippen LogP contribution >= 0.6 is 39.1 Å². The van der Waals surface area contributed by atoms with Crippen LogP contribution in [0.25, 0.3) is 0 Å². The summed E-state index contributed by atoms with van der Waals surface area (Å²) in [7, 11) is -3.76. The summed E-state index contributed by atoms with van der Waals surface area (Å²) in [5.41, 5.74) is 7.56. The van der Waals surface area contributed by atoms with Crippen LogP contribution in [-0.4, -0.2) is 68.3 Å². The average molecular weight is 670 g/mol. The fourth-order valence-electron chi connectivity index (χ4n) is 4.71. The molecule has 0 spiro atoms. The third-order valence-electron chi connectivity index (χ3n) is 6.55. The zero-order chi connectivity index (χ0) is 29.2. The number of benzene rings is 3. The van der Waals surface area contributed by atoms with Crippen molar-refractivity contribution in [2.24, 2.45) is 5.73 Å². The number of hydrogen-bond acceptors (Lipinski definition) is 6. The molecule has 1 fully saturated rings. The Morgan fingerprint density at radius 2 is 1.57 bits per heavy atom. The van der Waals surface area contributed by atoms with Gasteiger partial charge in [-0.05, 0) is 53.6 Å². The summed E-state index contributed by atoms with van der Waals surface area (Å²) in [6, 6.07) is 17.7. The number of primary amides is 1. The van der Waals surface area contributed by atoms with Crippen LogP contribution in [0.1, 0.15) is 27.5 Å². The number of nitrogens with two attached hydrogens (primary N) is 1. The number of aliphatic hydroxyl groups is 1. The van der Waals surface area contributed by atoms with Crippen molar-refractivity contribution in [3.63, 3.8) is 0 Å². The molecular formula is C27H27BrCl2N4O5S. The molecule has 0 saturated carbocycles. The Hall–Kier alpha value is -2.67. The van der Waals surface area contributed by atoms with Crippen LogP contribution in [-0.2, 0) is 14.8 Å². The van der Waals surface area contributed by atoms with Crippen LogP contribution in [0.5, 0.6) is 0 Å². The molecule has 3 aromatic carbocycles. The predicted molar refractivity (Wildman–Crippen MR) is 159 cm³/mol. The van der Waals surface area contributed by atoms with Gasteiger partial charge < -0.3 is 16.2 Å². The first-order chi connectivity index (χ1) is 18.9. The molecular weight excluding hydrogens is 643 g/mol. The van der Waals surface area contributed by atoms with E-state index in [0.717, 1.165) is 17.4 Å². The highest BCUT2D eigenvalue weighted by molar-refractivity contribution is 9.10. The number of anilines is 1. The summed E-state index contributed by atoms with van der Waals surface area (Å²) in [5, 5.41) is 12.9. The SMILES string of the molecule is CS(=O)(=O)N(c1cc(Br)cc(C(=O)NC(CO)C(N)=O)c1)C1CN(C(c2ccc(Cl)cc2)c2ccc(Cl)cc2)C1. The van der Waals surface area contributed by atoms with Gasteiger partial charge in [-0.1, -0.05) is 63.4 Å². The van der Waals surface area contributed by atoms with E-state index >= 15 is 0 Å². The van der Waals surface area contributed by atoms with E-state index in [-0.39, 0.29) is 17.3 Å². The van der Waals surface area contributed by atoms with E-state index < -0.39 is 40.5 Å². The van der Waals surface area contributed by atoms with E-state index in [1.807, 2.05) is 48.5 Å². The van der Waals surface area contributed by atoms with Gasteiger partial charge in [0.2, 0.25) is 15.9 Å². The van der Waals surface area contributed by atoms with Crippen LogP contribution < -0.4 is 15.4 Å². The van der Waals surface area contributed by atoms with Gasteiger partial charge in [-0.15, -0.1) is 0 Å². The molecule has 4 rings (SSSR count). The third kappa shape index (κ3) is 6.96. The molecule has 1 saturated heterocycles. The summed E-state index contributed by atoms with van der Waals surface area (Å²) < 4.78 is 27.8. The quantitative estimate of drug-likeness (QED) is 0.302. The van der Waals surface area contributed by atoms with Crippen LogP contribution in [0.15, 0.2) is 71.2 Å². The first kappa shape index (κ1) is 30.3. The number of nitrogens with zero attached hydrogens (tertiary/aromatic N) is 2. The Labute approximate surface area is 251 Å². The number of nitrogens with one attached hydrogen (secondary N) is 1. The smallest absolute Gasteiger partial charge is 0.252 e. The van der Waals surface area contributed by atoms with Gasteiger partial charge in [0.05, 0.1) is 30.6 Å². The minimum absolute atomic E-state index is 0.0918. The highest BCUT2D eigenvalue weighted by Crippen LogP contribution is 2.37. The third-order valence-corrected chi connectivity index (χ3v) is 8.73. The summed E-state index contributed by atoms with van der Waals surface area (Å²) in [6.45, 7) is 0.147. The highest BCUT2D eigenvalue weighted by atomic mass is 79.9. The molecule has 0 aliphatic carbocycles. The summed E-state index contributed by atoms with van der Waals surface area (Å²) in [4.78, 5) is 26.4. The molecule has 40 heavy (non-hydrogen) atoms. The Bertz CT molecular complexity index is 1450. The Morgan fingerprint density at radius 3 is 2.02 bits per heavy atom. The van der Waals surface area contributed by atoms with Gasteiger partial charge in [0.15, 0.2) is 0 Å². The molecule has 1 aliphatic rings. The minimum atomic E-state index is -3.76. The lowest BCUT2D eigenvalue weighted by Crippen LogP contribution is -2.61. The Balaban J connectivity index is 1.63. The predicted octanol–water partition coefficient (Wildman–Crippen LogP) is 3.57. The van der Waals surface area contributed by atoms with Gasteiger partial charge in [-0.25, -0.2) is 8.42 Å². The number of carbonyl (C=O) groups is 2. The van der Waals surface area contributed by atoms with Gasteiger partial charge in [0.1, 0.15) is 6.04 Å². The molecule has 4 N–H and O–H groups in total. The lowest BCUT2D eigenvalue weighted by molar-refractivity contribution is -0.120. The number of amides is 2. The van der Waals surface area contributed by atoms with Crippen molar-refractivity contribution in [1.29, 1.82) is 0 Å². The van der Waals surface area contributed by atoms with E-state index in [4.69, 9.17) is 28.9 Å². The van der Waals surface area contributed by atoms with E-state index in [1.54, 1.807) is 6.07 Å². The lowest BCUT2D eigenvalue weighted by atomic mass is 9.93. The number of hydrogen-bond donors (Lipinski definition) is 3. The molecule has 9 nitrogen and oxygen atoms in total. The summed E-state index contributed by atoms with van der Waals surface area (Å²) >= 11 is 15.6. The molecule has 3 aromatic rings. The normalized spacial score (nSPS) is 14.9. The fourth-order valence-corrected chi connectivity index (χ4v) is 6.60. The number of rotatable bonds is 10. The van der Waals surface area contributed by atoms with Gasteiger partial charge >= 0.3 is 0 Å². The highest BCUT2D eigenvalue weighted by Gasteiger charge is 2.41. The molecule has 0 radical (unpaired) electrons.